The predicted molar refractivity (Wildman–Crippen MR) is 92.6 cm³/mol. The number of hydrogen-bond donors (Lipinski definition) is 0. The van der Waals surface area contributed by atoms with Gasteiger partial charge in [-0.2, -0.15) is 0 Å². The van der Waals surface area contributed by atoms with Gasteiger partial charge < -0.3 is 0 Å². The number of para-hydroxylation sites is 1. The molecule has 0 spiro atoms. The Bertz CT molecular complexity index is 741. The Balaban J connectivity index is 1.97. The maximum absolute atomic E-state index is 12.9. The van der Waals surface area contributed by atoms with Crippen LogP contribution in [0.1, 0.15) is 43.0 Å². The van der Waals surface area contributed by atoms with Crippen LogP contribution in [0.3, 0.4) is 0 Å². The van der Waals surface area contributed by atoms with E-state index < -0.39 is 0 Å². The fourth-order valence-electron chi connectivity index (χ4n) is 3.33. The van der Waals surface area contributed by atoms with Gasteiger partial charge in [-0.3, -0.25) is 14.4 Å². The molecule has 3 heteroatoms. The fourth-order valence-corrected chi connectivity index (χ4v) is 3.33. The molecule has 0 radical (unpaired) electrons. The van der Waals surface area contributed by atoms with E-state index >= 15 is 0 Å². The molecule has 3 nitrogen and oxygen atoms in total. The van der Waals surface area contributed by atoms with Gasteiger partial charge in [-0.25, -0.2) is 0 Å². The van der Waals surface area contributed by atoms with Gasteiger partial charge in [-0.1, -0.05) is 37.8 Å². The molecule has 0 saturated carbocycles. The summed E-state index contributed by atoms with van der Waals surface area (Å²) in [5.41, 5.74) is 1.89. The highest BCUT2D eigenvalue weighted by molar-refractivity contribution is 5.98. The zero-order valence-corrected chi connectivity index (χ0v) is 13.1. The summed E-state index contributed by atoms with van der Waals surface area (Å²) in [6.45, 7) is 6.89. The van der Waals surface area contributed by atoms with Gasteiger partial charge >= 0.3 is 0 Å². The van der Waals surface area contributed by atoms with Crippen LogP contribution in [0.25, 0.3) is 17.0 Å². The minimum Gasteiger partial charge on any atom is -0.297 e. The van der Waals surface area contributed by atoms with Gasteiger partial charge in [0, 0.05) is 36.2 Å². The van der Waals surface area contributed by atoms with Crippen LogP contribution in [0, 0.1) is 5.41 Å². The Morgan fingerprint density at radius 1 is 1.45 bits per heavy atom. The Labute approximate surface area is 131 Å². The van der Waals surface area contributed by atoms with E-state index in [4.69, 9.17) is 0 Å². The van der Waals surface area contributed by atoms with Gasteiger partial charge in [0.2, 0.25) is 5.91 Å². The molecule has 0 fully saturated rings. The zero-order chi connectivity index (χ0) is 15.6. The van der Waals surface area contributed by atoms with Crippen molar-refractivity contribution in [1.82, 2.24) is 4.57 Å². The average Bonchev–Trinajstić information content (AvgIpc) is 2.95. The summed E-state index contributed by atoms with van der Waals surface area (Å²) in [6.07, 6.45) is 9.33. The minimum absolute atomic E-state index is 0.0744. The smallest absolute Gasteiger partial charge is 0.232 e. The van der Waals surface area contributed by atoms with E-state index in [0.717, 1.165) is 42.3 Å². The van der Waals surface area contributed by atoms with E-state index in [0.29, 0.717) is 6.42 Å². The molecule has 0 N–H and O–H groups in total. The van der Waals surface area contributed by atoms with E-state index in [1.165, 1.54) is 0 Å². The number of fused-ring (bicyclic) bond motifs is 1. The summed E-state index contributed by atoms with van der Waals surface area (Å²) in [5, 5.41) is 1.08. The molecule has 0 bridgehead atoms. The summed E-state index contributed by atoms with van der Waals surface area (Å²) < 4.78 is 1.78. The summed E-state index contributed by atoms with van der Waals surface area (Å²) in [5.74, 6) is 0.138. The molecule has 2 aromatic rings. The molecule has 1 aliphatic heterocycles. The number of benzene rings is 1. The molecule has 1 aliphatic rings. The monoisotopic (exact) mass is 294 g/mol. The first-order valence-corrected chi connectivity index (χ1v) is 7.96. The lowest BCUT2D eigenvalue weighted by Crippen LogP contribution is -2.30. The van der Waals surface area contributed by atoms with Crippen LogP contribution in [-0.4, -0.2) is 23.2 Å². The molecule has 2 heterocycles. The van der Waals surface area contributed by atoms with Crippen molar-refractivity contribution in [2.24, 2.45) is 10.4 Å². The van der Waals surface area contributed by atoms with E-state index in [-0.39, 0.29) is 11.3 Å². The first-order chi connectivity index (χ1) is 10.7. The van der Waals surface area contributed by atoms with E-state index in [1.54, 1.807) is 4.57 Å². The summed E-state index contributed by atoms with van der Waals surface area (Å²) in [6, 6.07) is 7.99. The normalized spacial score (nSPS) is 21.1. The topological polar surface area (TPSA) is 34.4 Å². The van der Waals surface area contributed by atoms with Gasteiger partial charge in [0.05, 0.1) is 5.52 Å². The van der Waals surface area contributed by atoms with E-state index in [1.807, 2.05) is 42.8 Å². The van der Waals surface area contributed by atoms with Crippen molar-refractivity contribution in [3.8, 4) is 0 Å². The third-order valence-corrected chi connectivity index (χ3v) is 4.77. The molecule has 0 unspecified atom stereocenters. The van der Waals surface area contributed by atoms with Crippen LogP contribution < -0.4 is 0 Å². The molecule has 22 heavy (non-hydrogen) atoms. The van der Waals surface area contributed by atoms with Gasteiger partial charge in [-0.05, 0) is 30.9 Å². The van der Waals surface area contributed by atoms with E-state index in [9.17, 15) is 4.79 Å². The highest BCUT2D eigenvalue weighted by Gasteiger charge is 2.31. The molecule has 0 saturated heterocycles. The fraction of sp³-hybridized carbons (Fsp3) is 0.368. The molecule has 3 rings (SSSR count). The number of hydrogen-bond acceptors (Lipinski definition) is 2. The van der Waals surface area contributed by atoms with Crippen LogP contribution in [0.15, 0.2) is 42.0 Å². The lowest BCUT2D eigenvalue weighted by atomic mass is 9.77. The van der Waals surface area contributed by atoms with Crippen LogP contribution >= 0.6 is 0 Å². The number of aliphatic imine (C=N–C) groups is 1. The van der Waals surface area contributed by atoms with Crippen molar-refractivity contribution in [2.75, 3.05) is 6.54 Å². The summed E-state index contributed by atoms with van der Waals surface area (Å²) in [4.78, 5) is 17.3. The summed E-state index contributed by atoms with van der Waals surface area (Å²) >= 11 is 0. The van der Waals surface area contributed by atoms with Crippen molar-refractivity contribution in [2.45, 2.75) is 32.6 Å². The average molecular weight is 294 g/mol. The lowest BCUT2D eigenvalue weighted by molar-refractivity contribution is 0.0860. The van der Waals surface area contributed by atoms with Gasteiger partial charge in [-0.15, -0.1) is 0 Å². The van der Waals surface area contributed by atoms with E-state index in [2.05, 4.69) is 18.5 Å². The van der Waals surface area contributed by atoms with Gasteiger partial charge in [0.15, 0.2) is 0 Å². The Kier molecular flexibility index (Phi) is 3.97. The third kappa shape index (κ3) is 2.52. The second kappa shape index (κ2) is 5.91. The Morgan fingerprint density at radius 2 is 2.27 bits per heavy atom. The number of rotatable bonds is 4. The molecule has 1 atom stereocenters. The second-order valence-electron chi connectivity index (χ2n) is 6.10. The molecule has 0 amide bonds. The molecule has 1 aromatic heterocycles. The van der Waals surface area contributed by atoms with Crippen molar-refractivity contribution in [1.29, 1.82) is 0 Å². The van der Waals surface area contributed by atoms with Crippen LogP contribution in [0.4, 0.5) is 0 Å². The number of nitrogens with zero attached hydrogens (tertiary/aromatic N) is 2. The van der Waals surface area contributed by atoms with Crippen LogP contribution in [0.5, 0.6) is 0 Å². The number of aromatic nitrogens is 1. The molecular formula is C19H22N2O. The Hall–Kier alpha value is -2.16. The Morgan fingerprint density at radius 3 is 2.95 bits per heavy atom. The highest BCUT2D eigenvalue weighted by Crippen LogP contribution is 2.34. The predicted octanol–water partition coefficient (Wildman–Crippen LogP) is 4.58. The summed E-state index contributed by atoms with van der Waals surface area (Å²) in [7, 11) is 0. The third-order valence-electron chi connectivity index (χ3n) is 4.77. The number of carbonyl (C=O) groups is 1. The molecule has 0 aliphatic carbocycles. The first kappa shape index (κ1) is 14.8. The van der Waals surface area contributed by atoms with Crippen LogP contribution in [-0.2, 0) is 0 Å². The van der Waals surface area contributed by atoms with Crippen molar-refractivity contribution >= 4 is 29.1 Å². The first-order valence-electron chi connectivity index (χ1n) is 7.96. The van der Waals surface area contributed by atoms with Crippen molar-refractivity contribution < 1.29 is 4.79 Å². The molecule has 1 aromatic carbocycles. The maximum atomic E-state index is 12.9. The standard InChI is InChI=1S/C19H22N2O/c1-3-15-13-21(17-9-6-5-8-16(15)17)18(22)12-19(4-2)10-7-11-20-14-19/h3,5-6,8-9,13-14H,1,4,7,10-12H2,2H3/t19-/m1/s1. The minimum atomic E-state index is -0.0744. The lowest BCUT2D eigenvalue weighted by Gasteiger charge is -2.30. The largest absolute Gasteiger partial charge is 0.297 e. The molecular weight excluding hydrogens is 272 g/mol. The van der Waals surface area contributed by atoms with Crippen molar-refractivity contribution in [3.05, 3.63) is 42.6 Å². The van der Waals surface area contributed by atoms with Gasteiger partial charge in [0.1, 0.15) is 0 Å². The second-order valence-corrected chi connectivity index (χ2v) is 6.10. The molecule has 114 valence electrons. The van der Waals surface area contributed by atoms with Crippen LogP contribution in [0.2, 0.25) is 0 Å². The highest BCUT2D eigenvalue weighted by atomic mass is 16.2. The quantitative estimate of drug-likeness (QED) is 0.813. The maximum Gasteiger partial charge on any atom is 0.232 e. The SMILES string of the molecule is C=Cc1cn(C(=O)C[C@]2(CC)C=NCCC2)c2ccccc12. The van der Waals surface area contributed by atoms with Crippen molar-refractivity contribution in [3.63, 3.8) is 0 Å². The zero-order valence-electron chi connectivity index (χ0n) is 13.1. The van der Waals surface area contributed by atoms with Gasteiger partial charge in [0.25, 0.3) is 0 Å². The number of carbonyl (C=O) groups excluding carboxylic acids is 1.